The first-order chi connectivity index (χ1) is 14.0. The molecule has 7 heteroatoms. The van der Waals surface area contributed by atoms with Gasteiger partial charge in [-0.1, -0.05) is 25.1 Å². The Kier molecular flexibility index (Phi) is 5.17. The number of carbonyl (C=O) groups excluding carboxylic acids is 3. The number of anilines is 1. The van der Waals surface area contributed by atoms with Gasteiger partial charge < -0.3 is 10.2 Å². The van der Waals surface area contributed by atoms with Gasteiger partial charge in [-0.2, -0.15) is 0 Å². The van der Waals surface area contributed by atoms with Crippen LogP contribution in [-0.2, 0) is 9.59 Å². The average molecular weight is 412 g/mol. The highest BCUT2D eigenvalue weighted by molar-refractivity contribution is 7.10. The second-order valence-electron chi connectivity index (χ2n) is 7.71. The summed E-state index contributed by atoms with van der Waals surface area (Å²) in [7, 11) is 0. The van der Waals surface area contributed by atoms with E-state index >= 15 is 0 Å². The average Bonchev–Trinajstić information content (AvgIpc) is 3.35. The molecule has 2 atom stereocenters. The lowest BCUT2D eigenvalue weighted by molar-refractivity contribution is -0.122. The van der Waals surface area contributed by atoms with E-state index in [0.717, 1.165) is 11.3 Å². The van der Waals surface area contributed by atoms with Crippen LogP contribution in [0, 0.1) is 0 Å². The van der Waals surface area contributed by atoms with Crippen molar-refractivity contribution in [3.05, 3.63) is 52.2 Å². The highest BCUT2D eigenvalue weighted by atomic mass is 32.1. The van der Waals surface area contributed by atoms with Crippen LogP contribution >= 0.6 is 11.3 Å². The van der Waals surface area contributed by atoms with Crippen molar-refractivity contribution in [3.8, 4) is 0 Å². The number of amides is 3. The van der Waals surface area contributed by atoms with Gasteiger partial charge in [-0.05, 0) is 43.3 Å². The topological polar surface area (TPSA) is 69.7 Å². The van der Waals surface area contributed by atoms with Crippen LogP contribution in [0.15, 0.2) is 41.8 Å². The van der Waals surface area contributed by atoms with Crippen LogP contribution < -0.4 is 10.2 Å². The molecule has 1 N–H and O–H groups in total. The smallest absolute Gasteiger partial charge is 0.257 e. The molecule has 0 spiro atoms. The monoisotopic (exact) mass is 411 g/mol. The summed E-state index contributed by atoms with van der Waals surface area (Å²) in [5.74, 6) is -0.186. The molecule has 0 bridgehead atoms. The van der Waals surface area contributed by atoms with E-state index in [1.807, 2.05) is 43.5 Å². The molecule has 2 unspecified atom stereocenters. The van der Waals surface area contributed by atoms with Crippen LogP contribution in [0.2, 0.25) is 0 Å². The maximum absolute atomic E-state index is 13.2. The number of para-hydroxylation sites is 1. The summed E-state index contributed by atoms with van der Waals surface area (Å²) in [4.78, 5) is 43.0. The molecule has 0 saturated carbocycles. The largest absolute Gasteiger partial charge is 0.348 e. The number of thiophene rings is 1. The van der Waals surface area contributed by atoms with E-state index in [-0.39, 0.29) is 36.7 Å². The van der Waals surface area contributed by atoms with Gasteiger partial charge in [-0.15, -0.1) is 11.3 Å². The van der Waals surface area contributed by atoms with E-state index < -0.39 is 5.66 Å². The first kappa shape index (κ1) is 19.6. The first-order valence-corrected chi connectivity index (χ1v) is 10.9. The highest BCUT2D eigenvalue weighted by Gasteiger charge is 2.52. The Morgan fingerprint density at radius 2 is 2.03 bits per heavy atom. The van der Waals surface area contributed by atoms with Gasteiger partial charge in [-0.3, -0.25) is 19.3 Å². The Morgan fingerprint density at radius 3 is 2.76 bits per heavy atom. The molecule has 0 aliphatic carbocycles. The Labute approximate surface area is 174 Å². The molecule has 2 aromatic rings. The molecule has 1 aromatic heterocycles. The fraction of sp³-hybridized carbons (Fsp3) is 0.409. The lowest BCUT2D eigenvalue weighted by Crippen LogP contribution is -2.62. The maximum atomic E-state index is 13.2. The summed E-state index contributed by atoms with van der Waals surface area (Å²) in [5, 5.41) is 5.08. The minimum atomic E-state index is -0.722. The van der Waals surface area contributed by atoms with Crippen molar-refractivity contribution in [2.45, 2.75) is 51.2 Å². The number of nitrogens with zero attached hydrogens (tertiary/aromatic N) is 2. The Bertz CT molecular complexity index is 943. The molecule has 29 heavy (non-hydrogen) atoms. The summed E-state index contributed by atoms with van der Waals surface area (Å²) >= 11 is 1.63. The van der Waals surface area contributed by atoms with Crippen LogP contribution in [0.4, 0.5) is 5.69 Å². The molecule has 2 aliphatic rings. The number of hydrogen-bond donors (Lipinski definition) is 1. The summed E-state index contributed by atoms with van der Waals surface area (Å²) in [6, 6.07) is 11.2. The van der Waals surface area contributed by atoms with Crippen LogP contribution in [0.3, 0.4) is 0 Å². The van der Waals surface area contributed by atoms with Crippen molar-refractivity contribution in [1.82, 2.24) is 10.2 Å². The van der Waals surface area contributed by atoms with Gasteiger partial charge >= 0.3 is 0 Å². The summed E-state index contributed by atoms with van der Waals surface area (Å²) in [5.41, 5.74) is 0.471. The predicted molar refractivity (Wildman–Crippen MR) is 113 cm³/mol. The van der Waals surface area contributed by atoms with Gasteiger partial charge in [0.15, 0.2) is 0 Å². The van der Waals surface area contributed by atoms with Crippen molar-refractivity contribution < 1.29 is 14.4 Å². The van der Waals surface area contributed by atoms with Crippen LogP contribution in [0.1, 0.15) is 60.8 Å². The molecular formula is C22H25N3O3S. The lowest BCUT2D eigenvalue weighted by Gasteiger charge is -2.48. The normalized spacial score (nSPS) is 21.7. The highest BCUT2D eigenvalue weighted by Crippen LogP contribution is 2.43. The Morgan fingerprint density at radius 1 is 1.24 bits per heavy atom. The Balaban J connectivity index is 1.52. The Hall–Kier alpha value is -2.67. The molecule has 3 heterocycles. The summed E-state index contributed by atoms with van der Waals surface area (Å²) < 4.78 is 0. The zero-order chi connectivity index (χ0) is 20.6. The van der Waals surface area contributed by atoms with Crippen molar-refractivity contribution in [2.24, 2.45) is 0 Å². The molecular weight excluding hydrogens is 386 g/mol. The molecule has 0 radical (unpaired) electrons. The van der Waals surface area contributed by atoms with Gasteiger partial charge in [0.2, 0.25) is 11.8 Å². The maximum Gasteiger partial charge on any atom is 0.257 e. The SMILES string of the molecule is CCC(NC(=O)CCN1C(=O)c2ccccc2N2C(=O)CCC12C)c1cccs1. The predicted octanol–water partition coefficient (Wildman–Crippen LogP) is 3.70. The van der Waals surface area contributed by atoms with Crippen molar-refractivity contribution in [1.29, 1.82) is 0 Å². The van der Waals surface area contributed by atoms with Crippen molar-refractivity contribution in [2.75, 3.05) is 11.4 Å². The molecule has 1 saturated heterocycles. The second-order valence-corrected chi connectivity index (χ2v) is 8.69. The fourth-order valence-corrected chi connectivity index (χ4v) is 5.25. The molecule has 1 aromatic carbocycles. The van der Waals surface area contributed by atoms with E-state index in [1.165, 1.54) is 0 Å². The standard InChI is InChI=1S/C22H25N3O3S/c1-3-16(18-9-6-14-29-18)23-19(26)11-13-24-21(28)15-7-4-5-8-17(15)25-20(27)10-12-22(24,25)2/h4-9,14,16H,3,10-13H2,1-2H3,(H,23,26). The van der Waals surface area contributed by atoms with E-state index in [2.05, 4.69) is 5.32 Å². The van der Waals surface area contributed by atoms with Gasteiger partial charge in [-0.25, -0.2) is 0 Å². The minimum absolute atomic E-state index is 0.0135. The van der Waals surface area contributed by atoms with Gasteiger partial charge in [0.05, 0.1) is 17.3 Å². The number of benzene rings is 1. The molecule has 3 amide bonds. The third kappa shape index (κ3) is 3.33. The quantitative estimate of drug-likeness (QED) is 0.788. The number of carbonyl (C=O) groups is 3. The van der Waals surface area contributed by atoms with E-state index in [0.29, 0.717) is 24.1 Å². The number of fused-ring (bicyclic) bond motifs is 3. The molecule has 6 nitrogen and oxygen atoms in total. The molecule has 2 aliphatic heterocycles. The van der Waals surface area contributed by atoms with E-state index in [1.54, 1.807) is 33.3 Å². The van der Waals surface area contributed by atoms with Crippen molar-refractivity contribution >= 4 is 34.7 Å². The minimum Gasteiger partial charge on any atom is -0.348 e. The van der Waals surface area contributed by atoms with E-state index in [4.69, 9.17) is 0 Å². The van der Waals surface area contributed by atoms with Crippen molar-refractivity contribution in [3.63, 3.8) is 0 Å². The van der Waals surface area contributed by atoms with Gasteiger partial charge in [0.1, 0.15) is 5.66 Å². The second kappa shape index (κ2) is 7.63. The number of nitrogens with one attached hydrogen (secondary N) is 1. The van der Waals surface area contributed by atoms with Crippen LogP contribution in [-0.4, -0.2) is 34.8 Å². The molecule has 1 fully saturated rings. The summed E-state index contributed by atoms with van der Waals surface area (Å²) in [6.45, 7) is 4.24. The number of hydrogen-bond acceptors (Lipinski definition) is 4. The summed E-state index contributed by atoms with van der Waals surface area (Å²) in [6.07, 6.45) is 1.98. The number of rotatable bonds is 6. The zero-order valence-corrected chi connectivity index (χ0v) is 17.5. The molecule has 152 valence electrons. The molecule has 4 rings (SSSR count). The lowest BCUT2D eigenvalue weighted by atomic mass is 9.98. The third-order valence-electron chi connectivity index (χ3n) is 5.94. The van der Waals surface area contributed by atoms with Gasteiger partial charge in [0.25, 0.3) is 5.91 Å². The van der Waals surface area contributed by atoms with E-state index in [9.17, 15) is 14.4 Å². The third-order valence-corrected chi connectivity index (χ3v) is 6.92. The zero-order valence-electron chi connectivity index (χ0n) is 16.7. The van der Waals surface area contributed by atoms with Crippen LogP contribution in [0.25, 0.3) is 0 Å². The van der Waals surface area contributed by atoms with Crippen LogP contribution in [0.5, 0.6) is 0 Å². The fourth-order valence-electron chi connectivity index (χ4n) is 4.39. The van der Waals surface area contributed by atoms with Gasteiger partial charge in [0, 0.05) is 24.3 Å². The first-order valence-electron chi connectivity index (χ1n) is 10.0.